The number of rotatable bonds is 8. The van der Waals surface area contributed by atoms with Crippen LogP contribution in [-0.2, 0) is 20.8 Å². The zero-order valence-electron chi connectivity index (χ0n) is 21.5. The average Bonchev–Trinajstić information content (AvgIpc) is 2.94. The Kier molecular flexibility index (Phi) is 8.83. The molecule has 0 saturated carbocycles. The molecule has 0 spiro atoms. The van der Waals surface area contributed by atoms with Crippen molar-refractivity contribution in [3.8, 4) is 0 Å². The number of hydrogen-bond acceptors (Lipinski definition) is 5. The van der Waals surface area contributed by atoms with E-state index >= 15 is 0 Å². The van der Waals surface area contributed by atoms with Gasteiger partial charge in [-0.05, 0) is 42.0 Å². The number of nitrogens with one attached hydrogen (secondary N) is 1. The Labute approximate surface area is 232 Å². The third-order valence-corrected chi connectivity index (χ3v) is 6.84. The van der Waals surface area contributed by atoms with Crippen molar-refractivity contribution in [1.29, 1.82) is 0 Å². The highest BCUT2D eigenvalue weighted by atomic mass is 35.5. The summed E-state index contributed by atoms with van der Waals surface area (Å²) in [5, 5.41) is 3.36. The van der Waals surface area contributed by atoms with Crippen molar-refractivity contribution in [2.75, 3.05) is 43.9 Å². The Balaban J connectivity index is 1.41. The highest BCUT2D eigenvalue weighted by molar-refractivity contribution is 6.30. The Bertz CT molecular complexity index is 1350. The monoisotopic (exact) mass is 547 g/mol. The van der Waals surface area contributed by atoms with Gasteiger partial charge in [-0.3, -0.25) is 19.2 Å². The van der Waals surface area contributed by atoms with Gasteiger partial charge in [0, 0.05) is 43.0 Å². The first-order valence-corrected chi connectivity index (χ1v) is 12.9. The van der Waals surface area contributed by atoms with Gasteiger partial charge < -0.3 is 25.8 Å². The Hall–Kier alpha value is -4.37. The van der Waals surface area contributed by atoms with Gasteiger partial charge in [-0.1, -0.05) is 54.1 Å². The van der Waals surface area contributed by atoms with Crippen LogP contribution in [0, 0.1) is 0 Å². The summed E-state index contributed by atoms with van der Waals surface area (Å²) < 4.78 is 0. The normalized spacial score (nSPS) is 14.1. The lowest BCUT2D eigenvalue weighted by Crippen LogP contribution is -2.56. The molecule has 1 aliphatic rings. The summed E-state index contributed by atoms with van der Waals surface area (Å²) in [4.78, 5) is 56.4. The number of anilines is 2. The van der Waals surface area contributed by atoms with Crippen LogP contribution in [0.3, 0.4) is 0 Å². The summed E-state index contributed by atoms with van der Waals surface area (Å²) >= 11 is 5.98. The van der Waals surface area contributed by atoms with Gasteiger partial charge >= 0.3 is 0 Å². The van der Waals surface area contributed by atoms with Crippen LogP contribution in [0.4, 0.5) is 11.4 Å². The van der Waals surface area contributed by atoms with Gasteiger partial charge in [0.15, 0.2) is 0 Å². The lowest BCUT2D eigenvalue weighted by Gasteiger charge is -2.34. The number of nitrogens with zero attached hydrogens (tertiary/aromatic N) is 3. The van der Waals surface area contributed by atoms with E-state index in [1.165, 1.54) is 14.7 Å². The van der Waals surface area contributed by atoms with Crippen LogP contribution in [-0.4, -0.2) is 72.7 Å². The molecule has 202 valence electrons. The number of carbonyl (C=O) groups is 4. The zero-order chi connectivity index (χ0) is 27.9. The van der Waals surface area contributed by atoms with Gasteiger partial charge in [-0.25, -0.2) is 0 Å². The summed E-state index contributed by atoms with van der Waals surface area (Å²) in [6.45, 7) is 0.0638. The first-order valence-electron chi connectivity index (χ1n) is 12.5. The fourth-order valence-electron chi connectivity index (χ4n) is 4.40. The van der Waals surface area contributed by atoms with E-state index in [1.807, 2.05) is 30.3 Å². The molecule has 1 aliphatic heterocycles. The largest absolute Gasteiger partial charge is 0.398 e. The second-order valence-electron chi connectivity index (χ2n) is 9.31. The summed E-state index contributed by atoms with van der Waals surface area (Å²) in [5.41, 5.74) is 8.10. The molecule has 39 heavy (non-hydrogen) atoms. The first-order chi connectivity index (χ1) is 18.7. The SMILES string of the molecule is CN(C(=O)[C@H](Cc1ccccc1)NC(=O)CN1CCN(C(=O)c2ccccc2N)CC1=O)c1ccc(Cl)cc1. The average molecular weight is 548 g/mol. The number of amides is 4. The fraction of sp³-hybridized carbons (Fsp3) is 0.241. The second kappa shape index (κ2) is 12.4. The van der Waals surface area contributed by atoms with E-state index in [0.29, 0.717) is 22.0 Å². The molecule has 0 aromatic heterocycles. The predicted octanol–water partition coefficient (Wildman–Crippen LogP) is 2.60. The van der Waals surface area contributed by atoms with Gasteiger partial charge in [-0.15, -0.1) is 0 Å². The molecule has 3 aromatic carbocycles. The maximum Gasteiger partial charge on any atom is 0.256 e. The molecule has 4 amide bonds. The van der Waals surface area contributed by atoms with Crippen molar-refractivity contribution >= 4 is 46.6 Å². The molecule has 3 N–H and O–H groups in total. The third kappa shape index (κ3) is 6.94. The molecular weight excluding hydrogens is 518 g/mol. The smallest absolute Gasteiger partial charge is 0.256 e. The number of likely N-dealkylation sites (N-methyl/N-ethyl adjacent to an activating group) is 1. The first kappa shape index (κ1) is 27.7. The molecule has 1 saturated heterocycles. The van der Waals surface area contributed by atoms with E-state index in [-0.39, 0.29) is 50.3 Å². The summed E-state index contributed by atoms with van der Waals surface area (Å²) in [6.07, 6.45) is 0.276. The van der Waals surface area contributed by atoms with Gasteiger partial charge in [0.2, 0.25) is 17.7 Å². The topological polar surface area (TPSA) is 116 Å². The maximum absolute atomic E-state index is 13.4. The minimum atomic E-state index is -0.861. The summed E-state index contributed by atoms with van der Waals surface area (Å²) in [6, 6.07) is 22.0. The van der Waals surface area contributed by atoms with Crippen molar-refractivity contribution in [3.05, 3.63) is 95.0 Å². The van der Waals surface area contributed by atoms with E-state index in [2.05, 4.69) is 5.32 Å². The molecule has 0 bridgehead atoms. The fourth-order valence-corrected chi connectivity index (χ4v) is 4.53. The van der Waals surface area contributed by atoms with E-state index in [0.717, 1.165) is 5.56 Å². The second-order valence-corrected chi connectivity index (χ2v) is 9.75. The quantitative estimate of drug-likeness (QED) is 0.421. The molecule has 0 radical (unpaired) electrons. The van der Waals surface area contributed by atoms with Gasteiger partial charge in [0.25, 0.3) is 5.91 Å². The van der Waals surface area contributed by atoms with Crippen LogP contribution in [0.5, 0.6) is 0 Å². The van der Waals surface area contributed by atoms with E-state index in [1.54, 1.807) is 55.6 Å². The van der Waals surface area contributed by atoms with Crippen molar-refractivity contribution in [2.24, 2.45) is 0 Å². The van der Waals surface area contributed by atoms with Crippen molar-refractivity contribution in [3.63, 3.8) is 0 Å². The molecule has 4 rings (SSSR count). The highest BCUT2D eigenvalue weighted by Crippen LogP contribution is 2.19. The van der Waals surface area contributed by atoms with E-state index in [4.69, 9.17) is 17.3 Å². The van der Waals surface area contributed by atoms with Crippen molar-refractivity contribution in [2.45, 2.75) is 12.5 Å². The molecule has 10 heteroatoms. The summed E-state index contributed by atoms with van der Waals surface area (Å²) in [5.74, 6) is -1.46. The zero-order valence-corrected chi connectivity index (χ0v) is 22.3. The Morgan fingerprint density at radius 2 is 1.64 bits per heavy atom. The Morgan fingerprint density at radius 1 is 0.974 bits per heavy atom. The van der Waals surface area contributed by atoms with Gasteiger partial charge in [0.1, 0.15) is 12.6 Å². The number of nitrogen functional groups attached to an aromatic ring is 1. The number of halogens is 1. The predicted molar refractivity (Wildman–Crippen MR) is 150 cm³/mol. The van der Waals surface area contributed by atoms with Gasteiger partial charge in [-0.2, -0.15) is 0 Å². The molecule has 1 fully saturated rings. The Morgan fingerprint density at radius 3 is 2.31 bits per heavy atom. The van der Waals surface area contributed by atoms with Crippen LogP contribution in [0.15, 0.2) is 78.9 Å². The molecule has 3 aromatic rings. The molecule has 0 aliphatic carbocycles. The minimum Gasteiger partial charge on any atom is -0.398 e. The molecule has 9 nitrogen and oxygen atoms in total. The van der Waals surface area contributed by atoms with Crippen molar-refractivity contribution in [1.82, 2.24) is 15.1 Å². The van der Waals surface area contributed by atoms with Crippen LogP contribution in [0.1, 0.15) is 15.9 Å². The van der Waals surface area contributed by atoms with E-state index < -0.39 is 11.9 Å². The number of hydrogen-bond donors (Lipinski definition) is 2. The van der Waals surface area contributed by atoms with Gasteiger partial charge in [0.05, 0.1) is 12.1 Å². The van der Waals surface area contributed by atoms with Crippen molar-refractivity contribution < 1.29 is 19.2 Å². The number of carbonyl (C=O) groups excluding carboxylic acids is 4. The molecule has 1 heterocycles. The molecule has 1 atom stereocenters. The molecule has 0 unspecified atom stereocenters. The van der Waals surface area contributed by atoms with E-state index in [9.17, 15) is 19.2 Å². The number of piperazine rings is 1. The highest BCUT2D eigenvalue weighted by Gasteiger charge is 2.31. The van der Waals surface area contributed by atoms with Crippen LogP contribution < -0.4 is 16.0 Å². The van der Waals surface area contributed by atoms with Crippen LogP contribution in [0.25, 0.3) is 0 Å². The molecular formula is C29H30ClN5O4. The lowest BCUT2D eigenvalue weighted by atomic mass is 10.0. The summed E-state index contributed by atoms with van der Waals surface area (Å²) in [7, 11) is 1.63. The number of nitrogens with two attached hydrogens (primary N) is 1. The lowest BCUT2D eigenvalue weighted by molar-refractivity contribution is -0.139. The third-order valence-electron chi connectivity index (χ3n) is 6.59. The standard InChI is InChI=1S/C29H30ClN5O4/c1-33(22-13-11-21(30)12-14-22)29(39)25(17-20-7-3-2-4-8-20)32-26(36)18-34-15-16-35(19-27(34)37)28(38)23-9-5-6-10-24(23)31/h2-14,25H,15-19,31H2,1H3,(H,32,36)/t25-/m0/s1. The van der Waals surface area contributed by atoms with Crippen LogP contribution >= 0.6 is 11.6 Å². The maximum atomic E-state index is 13.4. The minimum absolute atomic E-state index is 0.161. The number of para-hydroxylation sites is 1. The number of benzene rings is 3. The van der Waals surface area contributed by atoms with Crippen LogP contribution in [0.2, 0.25) is 5.02 Å².